The zero-order valence-electron chi connectivity index (χ0n) is 13.2. The van der Waals surface area contributed by atoms with E-state index in [0.717, 1.165) is 16.7 Å². The number of carboxylic acids is 1. The molecule has 0 spiro atoms. The van der Waals surface area contributed by atoms with E-state index in [1.54, 1.807) is 0 Å². The summed E-state index contributed by atoms with van der Waals surface area (Å²) >= 11 is 2.00. The van der Waals surface area contributed by atoms with Crippen LogP contribution in [0.2, 0.25) is 0 Å². The van der Waals surface area contributed by atoms with Crippen molar-refractivity contribution in [1.29, 1.82) is 0 Å². The second-order valence-electron chi connectivity index (χ2n) is 5.80. The molecule has 1 aromatic carbocycles. The first-order chi connectivity index (χ1) is 11.1. The molecule has 0 heterocycles. The summed E-state index contributed by atoms with van der Waals surface area (Å²) in [6.45, 7) is 0.357. The summed E-state index contributed by atoms with van der Waals surface area (Å²) in [7, 11) is 0. The predicted molar refractivity (Wildman–Crippen MR) is 93.9 cm³/mol. The van der Waals surface area contributed by atoms with Gasteiger partial charge in [-0.05, 0) is 37.0 Å². The maximum Gasteiger partial charge on any atom is 0.319 e. The fourth-order valence-electron chi connectivity index (χ4n) is 2.62. The number of carbonyl (C=O) groups excluding carboxylic acids is 1. The van der Waals surface area contributed by atoms with Crippen molar-refractivity contribution in [3.8, 4) is 0 Å². The maximum absolute atomic E-state index is 11.8. The van der Waals surface area contributed by atoms with E-state index in [-0.39, 0.29) is 12.5 Å². The third-order valence-corrected chi connectivity index (χ3v) is 5.27. The monoisotopic (exact) mass is 336 g/mol. The predicted octanol–water partition coefficient (Wildman–Crippen LogP) is 3.85. The number of anilines is 1. The number of benzene rings is 1. The van der Waals surface area contributed by atoms with Crippen LogP contribution in [0.3, 0.4) is 0 Å². The van der Waals surface area contributed by atoms with E-state index in [0.29, 0.717) is 13.0 Å². The Hall–Kier alpha value is -1.69. The normalized spacial score (nSPS) is 14.6. The van der Waals surface area contributed by atoms with Gasteiger partial charge in [0.1, 0.15) is 0 Å². The lowest BCUT2D eigenvalue weighted by Crippen LogP contribution is -2.29. The minimum Gasteiger partial charge on any atom is -0.481 e. The number of urea groups is 1. The lowest BCUT2D eigenvalue weighted by Gasteiger charge is -2.11. The molecule has 1 aromatic rings. The summed E-state index contributed by atoms with van der Waals surface area (Å²) in [5, 5.41) is 14.8. The van der Waals surface area contributed by atoms with Gasteiger partial charge in [-0.1, -0.05) is 25.0 Å². The van der Waals surface area contributed by atoms with Gasteiger partial charge in [0.2, 0.25) is 0 Å². The lowest BCUT2D eigenvalue weighted by molar-refractivity contribution is -0.137. The largest absolute Gasteiger partial charge is 0.481 e. The molecule has 0 bridgehead atoms. The molecule has 2 amide bonds. The van der Waals surface area contributed by atoms with Crippen molar-refractivity contribution in [2.45, 2.75) is 49.5 Å². The van der Waals surface area contributed by atoms with Gasteiger partial charge in [-0.15, -0.1) is 0 Å². The van der Waals surface area contributed by atoms with Crippen LogP contribution in [0.4, 0.5) is 10.5 Å². The Morgan fingerprint density at radius 3 is 2.78 bits per heavy atom. The second-order valence-corrected chi connectivity index (χ2v) is 7.08. The van der Waals surface area contributed by atoms with Gasteiger partial charge in [0.25, 0.3) is 0 Å². The summed E-state index contributed by atoms with van der Waals surface area (Å²) in [5.74, 6) is 0.125. The van der Waals surface area contributed by atoms with Crippen molar-refractivity contribution in [3.05, 3.63) is 29.8 Å². The van der Waals surface area contributed by atoms with Crippen molar-refractivity contribution >= 4 is 29.4 Å². The van der Waals surface area contributed by atoms with Crippen LogP contribution in [0, 0.1) is 0 Å². The van der Waals surface area contributed by atoms with E-state index >= 15 is 0 Å². The average molecular weight is 336 g/mol. The molecule has 5 nitrogen and oxygen atoms in total. The molecule has 126 valence electrons. The molecule has 0 saturated heterocycles. The number of hydrogen-bond donors (Lipinski definition) is 3. The summed E-state index contributed by atoms with van der Waals surface area (Å²) in [5.41, 5.74) is 1.98. The molecule has 0 aromatic heterocycles. The first kappa shape index (κ1) is 17.7. The van der Waals surface area contributed by atoms with Gasteiger partial charge < -0.3 is 15.7 Å². The molecule has 0 radical (unpaired) electrons. The molecular weight excluding hydrogens is 312 g/mol. The van der Waals surface area contributed by atoms with Gasteiger partial charge in [0.05, 0.1) is 0 Å². The van der Waals surface area contributed by atoms with Crippen LogP contribution in [0.5, 0.6) is 0 Å². The van der Waals surface area contributed by atoms with Crippen LogP contribution in [0.15, 0.2) is 24.3 Å². The molecule has 1 aliphatic carbocycles. The Morgan fingerprint density at radius 1 is 1.26 bits per heavy atom. The summed E-state index contributed by atoms with van der Waals surface area (Å²) in [6, 6.07) is 7.60. The Kier molecular flexibility index (Phi) is 7.26. The highest BCUT2D eigenvalue weighted by atomic mass is 32.2. The van der Waals surface area contributed by atoms with Gasteiger partial charge in [-0.25, -0.2) is 4.79 Å². The zero-order chi connectivity index (χ0) is 16.5. The zero-order valence-corrected chi connectivity index (χ0v) is 14.0. The third kappa shape index (κ3) is 6.95. The third-order valence-electron chi connectivity index (χ3n) is 3.83. The van der Waals surface area contributed by atoms with Crippen LogP contribution in [-0.2, 0) is 10.5 Å². The van der Waals surface area contributed by atoms with Gasteiger partial charge >= 0.3 is 12.0 Å². The minimum absolute atomic E-state index is 0.0636. The molecule has 1 fully saturated rings. The quantitative estimate of drug-likeness (QED) is 0.630. The molecular formula is C17H24N2O3S. The number of hydrogen-bond acceptors (Lipinski definition) is 3. The first-order valence-corrected chi connectivity index (χ1v) is 9.15. The van der Waals surface area contributed by atoms with E-state index < -0.39 is 5.97 Å². The first-order valence-electron chi connectivity index (χ1n) is 8.10. The van der Waals surface area contributed by atoms with Gasteiger partial charge in [0, 0.05) is 29.7 Å². The molecule has 0 atom stereocenters. The van der Waals surface area contributed by atoms with Crippen LogP contribution in [0.25, 0.3) is 0 Å². The van der Waals surface area contributed by atoms with Crippen LogP contribution < -0.4 is 10.6 Å². The van der Waals surface area contributed by atoms with Crippen LogP contribution >= 0.6 is 11.8 Å². The van der Waals surface area contributed by atoms with Crippen molar-refractivity contribution in [2.75, 3.05) is 11.9 Å². The van der Waals surface area contributed by atoms with Crippen LogP contribution in [0.1, 0.15) is 44.1 Å². The number of rotatable bonds is 8. The maximum atomic E-state index is 11.8. The van der Waals surface area contributed by atoms with E-state index in [4.69, 9.17) is 5.11 Å². The summed E-state index contributed by atoms with van der Waals surface area (Å²) in [4.78, 5) is 22.2. The van der Waals surface area contributed by atoms with E-state index in [9.17, 15) is 9.59 Å². The molecule has 1 aliphatic rings. The van der Waals surface area contributed by atoms with Crippen molar-refractivity contribution in [1.82, 2.24) is 5.32 Å². The van der Waals surface area contributed by atoms with Gasteiger partial charge in [0.15, 0.2) is 0 Å². The number of amides is 2. The van der Waals surface area contributed by atoms with E-state index in [2.05, 4.69) is 16.7 Å². The fourth-order valence-corrected chi connectivity index (χ4v) is 3.90. The molecule has 0 unspecified atom stereocenters. The second kappa shape index (κ2) is 9.45. The number of thioether (sulfide) groups is 1. The highest BCUT2D eigenvalue weighted by Crippen LogP contribution is 2.31. The molecule has 0 aliphatic heterocycles. The molecule has 1 saturated carbocycles. The highest BCUT2D eigenvalue weighted by Gasteiger charge is 2.15. The van der Waals surface area contributed by atoms with Crippen molar-refractivity contribution in [3.63, 3.8) is 0 Å². The van der Waals surface area contributed by atoms with Crippen molar-refractivity contribution in [2.24, 2.45) is 0 Å². The molecule has 2 rings (SSSR count). The van der Waals surface area contributed by atoms with E-state index in [1.807, 2.05) is 30.0 Å². The standard InChI is InChI=1S/C17H24N2O3S/c20-16(21)9-4-10-18-17(22)19-14-6-3-5-13(11-14)12-23-15-7-1-2-8-15/h3,5-6,11,15H,1-2,4,7-10,12H2,(H,20,21)(H2,18,19,22). The van der Waals surface area contributed by atoms with Crippen LogP contribution in [-0.4, -0.2) is 28.9 Å². The smallest absolute Gasteiger partial charge is 0.319 e. The number of aliphatic carboxylic acids is 1. The average Bonchev–Trinajstić information content (AvgIpc) is 3.03. The lowest BCUT2D eigenvalue weighted by atomic mass is 10.2. The van der Waals surface area contributed by atoms with Gasteiger partial charge in [-0.3, -0.25) is 4.79 Å². The Bertz CT molecular complexity index is 530. The van der Waals surface area contributed by atoms with Crippen molar-refractivity contribution < 1.29 is 14.7 Å². The fraction of sp³-hybridized carbons (Fsp3) is 0.529. The topological polar surface area (TPSA) is 78.4 Å². The molecule has 6 heteroatoms. The Morgan fingerprint density at radius 2 is 2.04 bits per heavy atom. The number of nitrogens with one attached hydrogen (secondary N) is 2. The van der Waals surface area contributed by atoms with E-state index in [1.165, 1.54) is 31.2 Å². The number of carboxylic acid groups (broad SMARTS) is 1. The summed E-state index contributed by atoms with van der Waals surface area (Å²) < 4.78 is 0. The number of carbonyl (C=O) groups is 2. The SMILES string of the molecule is O=C(O)CCCNC(=O)Nc1cccc(CSC2CCCC2)c1. The van der Waals surface area contributed by atoms with Gasteiger partial charge in [-0.2, -0.15) is 11.8 Å². The molecule has 3 N–H and O–H groups in total. The Balaban J connectivity index is 1.72. The minimum atomic E-state index is -0.848. The Labute approximate surface area is 141 Å². The highest BCUT2D eigenvalue weighted by molar-refractivity contribution is 7.99. The molecule has 23 heavy (non-hydrogen) atoms. The summed E-state index contributed by atoms with van der Waals surface area (Å²) in [6.07, 6.45) is 5.83.